The molecule has 0 saturated carbocycles. The van der Waals surface area contributed by atoms with Gasteiger partial charge in [-0.2, -0.15) is 5.10 Å². The van der Waals surface area contributed by atoms with E-state index in [9.17, 15) is 18.3 Å². The Bertz CT molecular complexity index is 1320. The van der Waals surface area contributed by atoms with Gasteiger partial charge in [0.25, 0.3) is 5.91 Å². The fraction of sp³-hybridized carbons (Fsp3) is 0.304. The zero-order valence-electron chi connectivity index (χ0n) is 18.2. The monoisotopic (exact) mass is 471 g/mol. The van der Waals surface area contributed by atoms with E-state index in [4.69, 9.17) is 10.3 Å². The molecular weight excluding hydrogens is 446 g/mol. The average Bonchev–Trinajstić information content (AvgIpc) is 3.21. The number of nitrogens with zero attached hydrogens (tertiary/aromatic N) is 2. The molecule has 9 nitrogen and oxygen atoms in total. The largest absolute Gasteiger partial charge is 0.393 e. The minimum Gasteiger partial charge on any atom is -0.393 e. The first-order valence-corrected chi connectivity index (χ1v) is 12.0. The molecule has 3 rings (SSSR count). The summed E-state index contributed by atoms with van der Waals surface area (Å²) < 4.78 is 24.1. The van der Waals surface area contributed by atoms with Crippen molar-refractivity contribution in [1.29, 1.82) is 0 Å². The maximum absolute atomic E-state index is 12.1. The highest BCUT2D eigenvalue weighted by molar-refractivity contribution is 7.92. The molecule has 1 heterocycles. The molecule has 0 fully saturated rings. The number of aliphatic hydroxyl groups excluding tert-OH is 2. The second-order valence-corrected chi connectivity index (χ2v) is 10.4. The van der Waals surface area contributed by atoms with Crippen LogP contribution >= 0.6 is 0 Å². The molecule has 0 spiro atoms. The number of hydrogen-bond donors (Lipinski definition) is 4. The molecule has 174 valence electrons. The molecular formula is C23H25N3O6S. The number of rotatable bonds is 7. The van der Waals surface area contributed by atoms with E-state index in [1.165, 1.54) is 12.4 Å². The molecule has 1 unspecified atom stereocenters. The Kier molecular flexibility index (Phi) is 7.19. The van der Waals surface area contributed by atoms with Crippen molar-refractivity contribution in [3.63, 3.8) is 0 Å². The topological polar surface area (TPSA) is 142 Å². The summed E-state index contributed by atoms with van der Waals surface area (Å²) in [5, 5.41) is 32.7. The van der Waals surface area contributed by atoms with E-state index in [2.05, 4.69) is 16.9 Å². The predicted molar refractivity (Wildman–Crippen MR) is 122 cm³/mol. The lowest BCUT2D eigenvalue weighted by Crippen LogP contribution is -2.49. The molecule has 4 N–H and O–H groups in total. The quantitative estimate of drug-likeness (QED) is 0.230. The number of aryl methyl sites for hydroxylation is 1. The summed E-state index contributed by atoms with van der Waals surface area (Å²) in [5.74, 6) is 5.12. The number of carbonyl (C=O) groups excluding carboxylic acids is 1. The van der Waals surface area contributed by atoms with Crippen molar-refractivity contribution >= 4 is 26.6 Å². The third-order valence-corrected chi connectivity index (χ3v) is 7.69. The Morgan fingerprint density at radius 3 is 2.42 bits per heavy atom. The Balaban J connectivity index is 1.79. The van der Waals surface area contributed by atoms with E-state index in [1.807, 2.05) is 18.2 Å². The fourth-order valence-corrected chi connectivity index (χ4v) is 4.13. The third kappa shape index (κ3) is 5.23. The van der Waals surface area contributed by atoms with Gasteiger partial charge >= 0.3 is 0 Å². The van der Waals surface area contributed by atoms with Crippen molar-refractivity contribution in [1.82, 2.24) is 15.3 Å². The van der Waals surface area contributed by atoms with Gasteiger partial charge in [-0.25, -0.2) is 13.9 Å². The number of sulfone groups is 1. The van der Waals surface area contributed by atoms with Crippen LogP contribution in [0, 0.1) is 11.8 Å². The van der Waals surface area contributed by atoms with Gasteiger partial charge in [0.2, 0.25) is 0 Å². The summed E-state index contributed by atoms with van der Waals surface area (Å²) >= 11 is 0. The average molecular weight is 472 g/mol. The highest BCUT2D eigenvalue weighted by atomic mass is 32.2. The standard InChI is InChI=1S/C23H25N3O6S/c1-23(22(29)25-30,33(2,31)32)11-12-26-20-10-7-17(13-19(20)14-24-26)4-3-16-5-8-18(9-6-16)21(28)15-27/h5-10,13-14,21,27-28,30H,11-12,15H2,1-2H3,(H,25,29)/t21-,23?/m1/s1. The van der Waals surface area contributed by atoms with Crippen LogP contribution in [0.3, 0.4) is 0 Å². The Morgan fingerprint density at radius 1 is 1.18 bits per heavy atom. The van der Waals surface area contributed by atoms with Crippen molar-refractivity contribution in [2.45, 2.75) is 30.7 Å². The molecule has 0 saturated heterocycles. The van der Waals surface area contributed by atoms with Crippen LogP contribution in [0.5, 0.6) is 0 Å². The number of fused-ring (bicyclic) bond motifs is 1. The van der Waals surface area contributed by atoms with Gasteiger partial charge in [-0.05, 0) is 49.2 Å². The predicted octanol–water partition coefficient (Wildman–Crippen LogP) is 1.16. The summed E-state index contributed by atoms with van der Waals surface area (Å²) in [6.07, 6.45) is 1.60. The van der Waals surface area contributed by atoms with Gasteiger partial charge in [0.05, 0.1) is 18.3 Å². The van der Waals surface area contributed by atoms with Crippen LogP contribution in [0.15, 0.2) is 48.7 Å². The van der Waals surface area contributed by atoms with Gasteiger partial charge in [-0.1, -0.05) is 24.0 Å². The normalized spacial score (nSPS) is 14.2. The number of aliphatic hydroxyl groups is 2. The van der Waals surface area contributed by atoms with E-state index in [-0.39, 0.29) is 19.6 Å². The van der Waals surface area contributed by atoms with Crippen LogP contribution in [0.25, 0.3) is 10.9 Å². The lowest BCUT2D eigenvalue weighted by Gasteiger charge is -2.25. The van der Waals surface area contributed by atoms with E-state index >= 15 is 0 Å². The SMILES string of the molecule is CC(CCn1ncc2cc(C#Cc3ccc([C@H](O)CO)cc3)ccc21)(C(=O)NO)S(C)(=O)=O. The highest BCUT2D eigenvalue weighted by Crippen LogP contribution is 2.24. The zero-order valence-corrected chi connectivity index (χ0v) is 19.0. The van der Waals surface area contributed by atoms with Crippen molar-refractivity contribution in [2.24, 2.45) is 0 Å². The number of aromatic nitrogens is 2. The van der Waals surface area contributed by atoms with Gasteiger partial charge in [0.1, 0.15) is 6.10 Å². The van der Waals surface area contributed by atoms with Crippen LogP contribution in [0.1, 0.15) is 36.1 Å². The number of hydroxylamine groups is 1. The molecule has 0 bridgehead atoms. The first-order chi connectivity index (χ1) is 15.6. The van der Waals surface area contributed by atoms with Gasteiger partial charge < -0.3 is 10.2 Å². The summed E-state index contributed by atoms with van der Waals surface area (Å²) in [4.78, 5) is 12.0. The minimum absolute atomic E-state index is 0.0719. The Morgan fingerprint density at radius 2 is 1.82 bits per heavy atom. The van der Waals surface area contributed by atoms with Gasteiger partial charge in [-0.15, -0.1) is 0 Å². The van der Waals surface area contributed by atoms with Crippen molar-refractivity contribution in [3.8, 4) is 11.8 Å². The van der Waals surface area contributed by atoms with Crippen LogP contribution in [0.4, 0.5) is 0 Å². The molecule has 0 aliphatic heterocycles. The molecule has 0 aliphatic rings. The van der Waals surface area contributed by atoms with Gasteiger partial charge in [0.15, 0.2) is 14.6 Å². The van der Waals surface area contributed by atoms with E-state index < -0.39 is 26.6 Å². The number of carbonyl (C=O) groups is 1. The van der Waals surface area contributed by atoms with Gasteiger partial charge in [0, 0.05) is 29.3 Å². The maximum Gasteiger partial charge on any atom is 0.264 e. The Labute approximate surface area is 191 Å². The molecule has 0 aliphatic carbocycles. The minimum atomic E-state index is -3.79. The number of hydrogen-bond acceptors (Lipinski definition) is 7. The first-order valence-electron chi connectivity index (χ1n) is 10.1. The number of benzene rings is 2. The molecule has 0 radical (unpaired) electrons. The Hall–Kier alpha value is -3.23. The van der Waals surface area contributed by atoms with Crippen LogP contribution in [-0.4, -0.2) is 57.1 Å². The lowest BCUT2D eigenvalue weighted by atomic mass is 10.1. The second kappa shape index (κ2) is 9.72. The molecule has 2 aromatic carbocycles. The second-order valence-electron chi connectivity index (χ2n) is 7.91. The summed E-state index contributed by atoms with van der Waals surface area (Å²) in [7, 11) is -3.79. The summed E-state index contributed by atoms with van der Waals surface area (Å²) in [6, 6.07) is 12.4. The number of nitrogens with one attached hydrogen (secondary N) is 1. The molecule has 1 amide bonds. The fourth-order valence-electron chi connectivity index (χ4n) is 3.29. The molecule has 10 heteroatoms. The van der Waals surface area contributed by atoms with Crippen molar-refractivity contribution in [3.05, 3.63) is 65.4 Å². The van der Waals surface area contributed by atoms with E-state index in [0.717, 1.165) is 28.3 Å². The van der Waals surface area contributed by atoms with E-state index in [1.54, 1.807) is 35.1 Å². The van der Waals surface area contributed by atoms with Crippen LogP contribution in [0.2, 0.25) is 0 Å². The molecule has 2 atom stereocenters. The first kappa shape index (κ1) is 24.4. The van der Waals surface area contributed by atoms with Crippen molar-refractivity contribution < 1.29 is 28.6 Å². The van der Waals surface area contributed by atoms with Crippen molar-refractivity contribution in [2.75, 3.05) is 12.9 Å². The smallest absolute Gasteiger partial charge is 0.264 e. The zero-order chi connectivity index (χ0) is 24.2. The van der Waals surface area contributed by atoms with E-state index in [0.29, 0.717) is 5.56 Å². The lowest BCUT2D eigenvalue weighted by molar-refractivity contribution is -0.131. The van der Waals surface area contributed by atoms with Crippen LogP contribution < -0.4 is 5.48 Å². The van der Waals surface area contributed by atoms with Gasteiger partial charge in [-0.3, -0.25) is 14.7 Å². The molecule has 1 aromatic heterocycles. The molecule has 3 aromatic rings. The van der Waals surface area contributed by atoms with Crippen LogP contribution in [-0.2, 0) is 21.2 Å². The third-order valence-electron chi connectivity index (χ3n) is 5.66. The maximum atomic E-state index is 12.1. The number of amides is 1. The molecule has 33 heavy (non-hydrogen) atoms. The highest BCUT2D eigenvalue weighted by Gasteiger charge is 2.43. The summed E-state index contributed by atoms with van der Waals surface area (Å²) in [5.41, 5.74) is 4.31. The summed E-state index contributed by atoms with van der Waals surface area (Å²) in [6.45, 7) is 1.07.